The molecule has 1 saturated heterocycles. The molecule has 1 heterocycles. The average molecular weight is 418 g/mol. The highest BCUT2D eigenvalue weighted by molar-refractivity contribution is 6.30. The van der Waals surface area contributed by atoms with Gasteiger partial charge in [-0.25, -0.2) is 14.1 Å². The minimum Gasteiger partial charge on any atom is -0.447 e. The molecule has 0 N–H and O–H groups in total. The molecule has 1 fully saturated rings. The number of halogens is 2. The fourth-order valence-corrected chi connectivity index (χ4v) is 3.61. The van der Waals surface area contributed by atoms with Gasteiger partial charge in [0.25, 0.3) is 0 Å². The Morgan fingerprint density at radius 2 is 2.00 bits per heavy atom. The number of ether oxygens (including phenoxy) is 1. The van der Waals surface area contributed by atoms with E-state index in [0.29, 0.717) is 12.0 Å². The van der Waals surface area contributed by atoms with Crippen molar-refractivity contribution in [3.05, 3.63) is 70.5 Å². The number of rotatable bonds is 8. The Balaban J connectivity index is 1.79. The Morgan fingerprint density at radius 1 is 1.24 bits per heavy atom. The first kappa shape index (κ1) is 21.0. The molecule has 0 bridgehead atoms. The maximum absolute atomic E-state index is 13.8. The Hall–Kier alpha value is -2.73. The third-order valence-corrected chi connectivity index (χ3v) is 5.27. The Labute approximate surface area is 173 Å². The van der Waals surface area contributed by atoms with Crippen molar-refractivity contribution >= 4 is 29.9 Å². The van der Waals surface area contributed by atoms with Gasteiger partial charge in [-0.05, 0) is 42.5 Å². The molecule has 0 saturated carbocycles. The zero-order chi connectivity index (χ0) is 20.8. The van der Waals surface area contributed by atoms with Crippen molar-refractivity contribution in [3.8, 4) is 0 Å². The van der Waals surface area contributed by atoms with Crippen LogP contribution >= 0.6 is 11.6 Å². The van der Waals surface area contributed by atoms with E-state index in [-0.39, 0.29) is 30.9 Å². The number of imide groups is 1. The van der Waals surface area contributed by atoms with Crippen molar-refractivity contribution in [2.75, 3.05) is 6.61 Å². The molecule has 1 aliphatic rings. The predicted octanol–water partition coefficient (Wildman–Crippen LogP) is 4.21. The fraction of sp³-hybridized carbons (Fsp3) is 0.318. The number of carbonyl (C=O) groups excluding carboxylic acids is 3. The van der Waals surface area contributed by atoms with Crippen LogP contribution in [0.5, 0.6) is 0 Å². The van der Waals surface area contributed by atoms with Crippen molar-refractivity contribution in [1.82, 2.24) is 4.90 Å². The molecule has 0 aliphatic carbocycles. The molecule has 2 amide bonds. The van der Waals surface area contributed by atoms with Crippen molar-refractivity contribution in [2.45, 2.75) is 31.7 Å². The van der Waals surface area contributed by atoms with E-state index in [9.17, 15) is 18.8 Å². The molecular formula is C22H21ClFNO4. The van der Waals surface area contributed by atoms with Crippen LogP contribution in [0.1, 0.15) is 24.0 Å². The van der Waals surface area contributed by atoms with E-state index < -0.39 is 29.8 Å². The topological polar surface area (TPSA) is 63.7 Å². The van der Waals surface area contributed by atoms with Gasteiger partial charge in [0.1, 0.15) is 18.7 Å². The van der Waals surface area contributed by atoms with Gasteiger partial charge in [-0.1, -0.05) is 48.0 Å². The summed E-state index contributed by atoms with van der Waals surface area (Å²) in [6, 6.07) is 13.4. The normalized spacial score (nSPS) is 17.1. The second kappa shape index (κ2) is 9.65. The molecule has 7 heteroatoms. The van der Waals surface area contributed by atoms with Crippen LogP contribution in [0.15, 0.2) is 48.5 Å². The lowest BCUT2D eigenvalue weighted by molar-refractivity contribution is -0.133. The highest BCUT2D eigenvalue weighted by atomic mass is 35.5. The summed E-state index contributed by atoms with van der Waals surface area (Å²) in [5.74, 6) is -1.64. The van der Waals surface area contributed by atoms with Gasteiger partial charge >= 0.3 is 6.09 Å². The fourth-order valence-electron chi connectivity index (χ4n) is 3.50. The van der Waals surface area contributed by atoms with Crippen molar-refractivity contribution in [1.29, 1.82) is 0 Å². The summed E-state index contributed by atoms with van der Waals surface area (Å²) < 4.78 is 18.9. The van der Waals surface area contributed by atoms with E-state index in [4.69, 9.17) is 16.3 Å². The summed E-state index contributed by atoms with van der Waals surface area (Å²) in [6.45, 7) is 0.120. The van der Waals surface area contributed by atoms with Crippen LogP contribution in [0.2, 0.25) is 5.02 Å². The van der Waals surface area contributed by atoms with Crippen molar-refractivity contribution < 1.29 is 23.5 Å². The van der Waals surface area contributed by atoms with Gasteiger partial charge in [-0.2, -0.15) is 0 Å². The van der Waals surface area contributed by atoms with E-state index in [1.807, 2.05) is 30.3 Å². The Kier molecular flexibility index (Phi) is 6.99. The quantitative estimate of drug-likeness (QED) is 0.603. The van der Waals surface area contributed by atoms with Gasteiger partial charge in [-0.3, -0.25) is 4.79 Å². The van der Waals surface area contributed by atoms with Crippen LogP contribution in [0.25, 0.3) is 0 Å². The molecule has 2 aromatic rings. The number of benzene rings is 2. The van der Waals surface area contributed by atoms with Gasteiger partial charge in [0.2, 0.25) is 5.91 Å². The summed E-state index contributed by atoms with van der Waals surface area (Å²) in [5, 5.41) is -0.00411. The maximum atomic E-state index is 13.8. The van der Waals surface area contributed by atoms with Gasteiger partial charge < -0.3 is 9.53 Å². The number of hydrogen-bond acceptors (Lipinski definition) is 4. The molecule has 152 valence electrons. The number of cyclic esters (lactones) is 1. The highest BCUT2D eigenvalue weighted by Crippen LogP contribution is 2.25. The van der Waals surface area contributed by atoms with Gasteiger partial charge in [0, 0.05) is 12.3 Å². The van der Waals surface area contributed by atoms with Gasteiger partial charge in [0.05, 0.1) is 11.1 Å². The molecule has 5 nitrogen and oxygen atoms in total. The molecule has 0 spiro atoms. The summed E-state index contributed by atoms with van der Waals surface area (Å²) >= 11 is 5.72. The molecule has 2 atom stereocenters. The lowest BCUT2D eigenvalue weighted by Gasteiger charge is -2.25. The maximum Gasteiger partial charge on any atom is 0.416 e. The summed E-state index contributed by atoms with van der Waals surface area (Å²) in [5.41, 5.74) is 1.56. The molecule has 3 rings (SSSR count). The number of hydrogen-bond donors (Lipinski definition) is 0. The second-order valence-electron chi connectivity index (χ2n) is 7.02. The number of amides is 2. The third-order valence-electron chi connectivity index (χ3n) is 4.96. The first-order chi connectivity index (χ1) is 14.0. The molecule has 0 unspecified atom stereocenters. The van der Waals surface area contributed by atoms with Gasteiger partial charge in [0.15, 0.2) is 0 Å². The standard InChI is InChI=1S/C22H21ClFNO4/c23-19-9-8-16(13-20(19)24)11-17(7-4-10-26)21(27)25-18(14-29-22(25)28)12-15-5-2-1-3-6-15/h1-3,5-6,8-10,13,17-18H,4,7,11-12,14H2/t17-,18+/m0/s1. The first-order valence-corrected chi connectivity index (χ1v) is 9.78. The molecule has 0 aromatic heterocycles. The van der Waals surface area contributed by atoms with Crippen LogP contribution in [0.4, 0.5) is 9.18 Å². The van der Waals surface area contributed by atoms with E-state index in [1.54, 1.807) is 6.07 Å². The van der Waals surface area contributed by atoms with Crippen molar-refractivity contribution in [3.63, 3.8) is 0 Å². The number of nitrogens with zero attached hydrogens (tertiary/aromatic N) is 1. The van der Waals surface area contributed by atoms with Gasteiger partial charge in [-0.15, -0.1) is 0 Å². The van der Waals surface area contributed by atoms with Crippen LogP contribution in [-0.4, -0.2) is 35.8 Å². The third kappa shape index (κ3) is 5.21. The zero-order valence-corrected chi connectivity index (χ0v) is 16.5. The van der Waals surface area contributed by atoms with E-state index in [2.05, 4.69) is 0 Å². The lowest BCUT2D eigenvalue weighted by atomic mass is 9.92. The molecule has 2 aromatic carbocycles. The minimum atomic E-state index is -0.686. The predicted molar refractivity (Wildman–Crippen MR) is 106 cm³/mol. The molecule has 0 radical (unpaired) electrons. The van der Waals surface area contributed by atoms with E-state index in [0.717, 1.165) is 16.7 Å². The largest absolute Gasteiger partial charge is 0.447 e. The zero-order valence-electron chi connectivity index (χ0n) is 15.7. The molecule has 29 heavy (non-hydrogen) atoms. The SMILES string of the molecule is O=CCC[C@@H](Cc1ccc(Cl)c(F)c1)C(=O)N1C(=O)OC[C@H]1Cc1ccccc1. The van der Waals surface area contributed by atoms with E-state index in [1.165, 1.54) is 12.1 Å². The monoisotopic (exact) mass is 417 g/mol. The lowest BCUT2D eigenvalue weighted by Crippen LogP contribution is -2.44. The van der Waals surface area contributed by atoms with Crippen LogP contribution in [0.3, 0.4) is 0 Å². The molecule has 1 aliphatic heterocycles. The van der Waals surface area contributed by atoms with E-state index >= 15 is 0 Å². The minimum absolute atomic E-state index is 0.00411. The van der Waals surface area contributed by atoms with Crippen LogP contribution < -0.4 is 0 Å². The smallest absolute Gasteiger partial charge is 0.416 e. The number of aldehydes is 1. The highest BCUT2D eigenvalue weighted by Gasteiger charge is 2.40. The van der Waals surface area contributed by atoms with Crippen LogP contribution in [-0.2, 0) is 27.2 Å². The summed E-state index contributed by atoms with van der Waals surface area (Å²) in [7, 11) is 0. The average Bonchev–Trinajstić information content (AvgIpc) is 3.08. The summed E-state index contributed by atoms with van der Waals surface area (Å²) in [6.07, 6.45) is 1.14. The molecular weight excluding hydrogens is 397 g/mol. The summed E-state index contributed by atoms with van der Waals surface area (Å²) in [4.78, 5) is 37.5. The number of carbonyl (C=O) groups is 3. The van der Waals surface area contributed by atoms with Crippen molar-refractivity contribution in [2.24, 2.45) is 5.92 Å². The second-order valence-corrected chi connectivity index (χ2v) is 7.43. The van der Waals surface area contributed by atoms with Crippen LogP contribution in [0, 0.1) is 11.7 Å². The Bertz CT molecular complexity index is 890. The Morgan fingerprint density at radius 3 is 2.69 bits per heavy atom. The first-order valence-electron chi connectivity index (χ1n) is 9.41.